The summed E-state index contributed by atoms with van der Waals surface area (Å²) in [5, 5.41) is 10.5. The fourth-order valence-electron chi connectivity index (χ4n) is 6.27. The Labute approximate surface area is 259 Å². The summed E-state index contributed by atoms with van der Waals surface area (Å²) in [4.78, 5) is 0. The van der Waals surface area contributed by atoms with Crippen LogP contribution in [-0.4, -0.2) is 188 Å². The topological polar surface area (TPSA) is 159 Å². The van der Waals surface area contributed by atoms with Crippen molar-refractivity contribution in [3.05, 3.63) is 0 Å². The molecule has 16 heteroatoms. The highest BCUT2D eigenvalue weighted by atomic mass is 16.8. The minimum Gasteiger partial charge on any atom is -0.382 e. The summed E-state index contributed by atoms with van der Waals surface area (Å²) < 4.78 is 87.3. The maximum atomic E-state index is 10.5. The van der Waals surface area contributed by atoms with Gasteiger partial charge in [0.1, 0.15) is 73.2 Å². The van der Waals surface area contributed by atoms with E-state index < -0.39 is 92.1 Å². The molecule has 260 valence electrons. The first-order chi connectivity index (χ1) is 21.3. The lowest BCUT2D eigenvalue weighted by Gasteiger charge is -2.47. The van der Waals surface area contributed by atoms with Gasteiger partial charge in [-0.3, -0.25) is 0 Å². The molecule has 0 aromatic rings. The molecular formula is C28H52O16. The van der Waals surface area contributed by atoms with Crippen molar-refractivity contribution in [3.8, 4) is 0 Å². The predicted molar refractivity (Wildman–Crippen MR) is 149 cm³/mol. The molecule has 15 atom stereocenters. The number of methoxy groups -OCH3 is 10. The number of hydrogen-bond donors (Lipinski definition) is 1. The van der Waals surface area contributed by atoms with Gasteiger partial charge in [-0.05, 0) is 0 Å². The second-order valence-electron chi connectivity index (χ2n) is 10.6. The molecular weight excluding hydrogens is 592 g/mol. The molecule has 3 aliphatic rings. The van der Waals surface area contributed by atoms with E-state index in [1.807, 2.05) is 0 Å². The lowest BCUT2D eigenvalue weighted by molar-refractivity contribution is -0.349. The summed E-state index contributed by atoms with van der Waals surface area (Å²) in [5.74, 6) is 0. The molecule has 0 saturated carbocycles. The first kappa shape index (κ1) is 37.8. The first-order valence-electron chi connectivity index (χ1n) is 14.4. The monoisotopic (exact) mass is 644 g/mol. The van der Waals surface area contributed by atoms with Crippen molar-refractivity contribution in [3.63, 3.8) is 0 Å². The van der Waals surface area contributed by atoms with Crippen LogP contribution in [0.3, 0.4) is 0 Å². The maximum Gasteiger partial charge on any atom is 0.187 e. The van der Waals surface area contributed by atoms with Crippen molar-refractivity contribution < 1.29 is 76.2 Å². The van der Waals surface area contributed by atoms with Crippen LogP contribution in [-0.2, 0) is 71.1 Å². The number of aliphatic hydroxyl groups is 1. The molecule has 44 heavy (non-hydrogen) atoms. The summed E-state index contributed by atoms with van der Waals surface area (Å²) in [7, 11) is 15.4. The third-order valence-electron chi connectivity index (χ3n) is 8.42. The van der Waals surface area contributed by atoms with Crippen LogP contribution < -0.4 is 0 Å². The summed E-state index contributed by atoms with van der Waals surface area (Å²) in [6.07, 6.45) is -10.4. The number of rotatable bonds is 17. The Morgan fingerprint density at radius 2 is 0.705 bits per heavy atom. The molecule has 0 aromatic heterocycles. The highest BCUT2D eigenvalue weighted by Gasteiger charge is 2.52. The van der Waals surface area contributed by atoms with E-state index in [0.29, 0.717) is 0 Å². The number of ether oxygens (including phenoxy) is 15. The van der Waals surface area contributed by atoms with Gasteiger partial charge in [-0.15, -0.1) is 0 Å². The van der Waals surface area contributed by atoms with Gasteiger partial charge in [0, 0.05) is 71.1 Å². The molecule has 3 rings (SSSR count). The predicted octanol–water partition coefficient (Wildman–Crippen LogP) is -1.03. The molecule has 16 nitrogen and oxygen atoms in total. The van der Waals surface area contributed by atoms with E-state index in [9.17, 15) is 5.11 Å². The van der Waals surface area contributed by atoms with Crippen molar-refractivity contribution >= 4 is 0 Å². The van der Waals surface area contributed by atoms with E-state index in [4.69, 9.17) is 71.1 Å². The quantitative estimate of drug-likeness (QED) is 0.205. The molecule has 3 aliphatic heterocycles. The standard InChI is InChI=1S/C28H52O16/c1-30-11-14-17(31-2)21(35-6)24(38-9)27(43-14)41-13-16-19(33-4)22(36-7)25(39-10)28(44-16)40-12-15-18(32-3)20(34-5)23(37-8)26(29)42-15/h14-29H,11-13H2,1-10H3/t14-,15-,16-,17-,18-,19-,20+,21+,22+,23-,24-,25-,26?,27+,28+/m1/s1. The fourth-order valence-corrected chi connectivity index (χ4v) is 6.27. The van der Waals surface area contributed by atoms with Crippen molar-refractivity contribution in [2.45, 2.75) is 92.1 Å². The Bertz CT molecular complexity index is 795. The summed E-state index contributed by atoms with van der Waals surface area (Å²) >= 11 is 0. The average Bonchev–Trinajstić information content (AvgIpc) is 3.04. The Kier molecular flexibility index (Phi) is 16.0. The van der Waals surface area contributed by atoms with E-state index in [1.54, 1.807) is 42.7 Å². The normalized spacial score (nSPS) is 43.3. The van der Waals surface area contributed by atoms with Gasteiger partial charge in [0.2, 0.25) is 0 Å². The number of hydrogen-bond acceptors (Lipinski definition) is 16. The Balaban J connectivity index is 1.76. The molecule has 0 amide bonds. The number of aliphatic hydroxyl groups excluding tert-OH is 1. The van der Waals surface area contributed by atoms with Gasteiger partial charge in [-0.1, -0.05) is 0 Å². The van der Waals surface area contributed by atoms with Crippen LogP contribution in [0, 0.1) is 0 Å². The van der Waals surface area contributed by atoms with Gasteiger partial charge in [0.05, 0.1) is 19.8 Å². The second-order valence-corrected chi connectivity index (χ2v) is 10.6. The van der Waals surface area contributed by atoms with Crippen LogP contribution in [0.1, 0.15) is 0 Å². The van der Waals surface area contributed by atoms with Gasteiger partial charge < -0.3 is 76.2 Å². The molecule has 0 radical (unpaired) electrons. The van der Waals surface area contributed by atoms with Crippen molar-refractivity contribution in [2.24, 2.45) is 0 Å². The van der Waals surface area contributed by atoms with Gasteiger partial charge in [0.15, 0.2) is 18.9 Å². The lowest BCUT2D eigenvalue weighted by Crippen LogP contribution is -2.64. The average molecular weight is 645 g/mol. The SMILES string of the molecule is COC[C@H]1O[C@H](OC[C@H]2O[C@H](OC[C@H]3OC(O)[C@H](OC)[C@@H](OC)[C@@H]3OC)[C@H](OC)[C@@H](OC)[C@@H]2OC)[C@H](OC)[C@@H](OC)[C@@H]1OC. The summed E-state index contributed by atoms with van der Waals surface area (Å²) in [5.41, 5.74) is 0. The first-order valence-corrected chi connectivity index (χ1v) is 14.4. The Hall–Kier alpha value is -0.640. The van der Waals surface area contributed by atoms with Crippen molar-refractivity contribution in [2.75, 3.05) is 90.9 Å². The Morgan fingerprint density at radius 1 is 0.386 bits per heavy atom. The molecule has 0 spiro atoms. The molecule has 3 fully saturated rings. The molecule has 3 heterocycles. The van der Waals surface area contributed by atoms with Crippen LogP contribution in [0.25, 0.3) is 0 Å². The highest BCUT2D eigenvalue weighted by molar-refractivity contribution is 4.96. The van der Waals surface area contributed by atoms with Crippen LogP contribution in [0.4, 0.5) is 0 Å². The zero-order valence-electron chi connectivity index (χ0n) is 27.4. The van der Waals surface area contributed by atoms with Gasteiger partial charge >= 0.3 is 0 Å². The molecule has 3 saturated heterocycles. The van der Waals surface area contributed by atoms with Crippen LogP contribution in [0.5, 0.6) is 0 Å². The van der Waals surface area contributed by atoms with Crippen LogP contribution >= 0.6 is 0 Å². The molecule has 0 aromatic carbocycles. The largest absolute Gasteiger partial charge is 0.382 e. The second kappa shape index (κ2) is 18.6. The molecule has 0 bridgehead atoms. The van der Waals surface area contributed by atoms with E-state index in [0.717, 1.165) is 0 Å². The van der Waals surface area contributed by atoms with E-state index >= 15 is 0 Å². The lowest BCUT2D eigenvalue weighted by atomic mass is 9.97. The summed E-state index contributed by atoms with van der Waals surface area (Å²) in [6, 6.07) is 0. The third-order valence-corrected chi connectivity index (χ3v) is 8.42. The van der Waals surface area contributed by atoms with Gasteiger partial charge in [-0.25, -0.2) is 0 Å². The Morgan fingerprint density at radius 3 is 1.05 bits per heavy atom. The highest BCUT2D eigenvalue weighted by Crippen LogP contribution is 2.33. The smallest absolute Gasteiger partial charge is 0.187 e. The van der Waals surface area contributed by atoms with Gasteiger partial charge in [-0.2, -0.15) is 0 Å². The molecule has 1 N–H and O–H groups in total. The zero-order chi connectivity index (χ0) is 32.4. The van der Waals surface area contributed by atoms with E-state index in [-0.39, 0.29) is 19.8 Å². The molecule has 1 unspecified atom stereocenters. The van der Waals surface area contributed by atoms with E-state index in [2.05, 4.69) is 0 Å². The van der Waals surface area contributed by atoms with E-state index in [1.165, 1.54) is 28.4 Å². The maximum absolute atomic E-state index is 10.5. The third kappa shape index (κ3) is 8.25. The van der Waals surface area contributed by atoms with Crippen LogP contribution in [0.15, 0.2) is 0 Å². The van der Waals surface area contributed by atoms with Crippen LogP contribution in [0.2, 0.25) is 0 Å². The summed E-state index contributed by atoms with van der Waals surface area (Å²) in [6.45, 7) is 0.220. The molecule has 0 aliphatic carbocycles. The van der Waals surface area contributed by atoms with Crippen molar-refractivity contribution in [1.82, 2.24) is 0 Å². The minimum atomic E-state index is -1.26. The fraction of sp³-hybridized carbons (Fsp3) is 1.00. The zero-order valence-corrected chi connectivity index (χ0v) is 27.4. The minimum absolute atomic E-state index is 0.00752. The van der Waals surface area contributed by atoms with Crippen molar-refractivity contribution in [1.29, 1.82) is 0 Å². The van der Waals surface area contributed by atoms with Gasteiger partial charge in [0.25, 0.3) is 0 Å².